The molecule has 0 amide bonds. The molecule has 0 aliphatic carbocycles. The van der Waals surface area contributed by atoms with Crippen LogP contribution in [-0.2, 0) is 0 Å². The maximum atomic E-state index is 9.67. The predicted molar refractivity (Wildman–Crippen MR) is 119 cm³/mol. The van der Waals surface area contributed by atoms with E-state index in [-0.39, 0.29) is 0 Å². The van der Waals surface area contributed by atoms with Gasteiger partial charge in [0.1, 0.15) is 0 Å². The molecule has 0 atom stereocenters. The Balaban J connectivity index is 1.51. The number of rotatable bonds is 4. The van der Waals surface area contributed by atoms with E-state index in [4.69, 9.17) is 0 Å². The average Bonchev–Trinajstić information content (AvgIpc) is 2.79. The maximum absolute atomic E-state index is 9.67. The molecule has 1 saturated heterocycles. The van der Waals surface area contributed by atoms with Crippen LogP contribution in [0.5, 0.6) is 0 Å². The average molecular weight is 380 g/mol. The van der Waals surface area contributed by atoms with E-state index in [0.717, 1.165) is 48.4 Å². The summed E-state index contributed by atoms with van der Waals surface area (Å²) in [5.74, 6) is 0. The smallest absolute Gasteiger partial charge is 0.0998 e. The lowest BCUT2D eigenvalue weighted by Gasteiger charge is -2.34. The van der Waals surface area contributed by atoms with Crippen molar-refractivity contribution in [2.75, 3.05) is 38.1 Å². The summed E-state index contributed by atoms with van der Waals surface area (Å²) in [4.78, 5) is 8.83. The minimum Gasteiger partial charge on any atom is -0.369 e. The van der Waals surface area contributed by atoms with Crippen molar-refractivity contribution >= 4 is 17.3 Å². The van der Waals surface area contributed by atoms with E-state index < -0.39 is 0 Å². The molecule has 3 aromatic rings. The Bertz CT molecular complexity index is 1010. The van der Waals surface area contributed by atoms with Crippen LogP contribution in [0, 0.1) is 11.3 Å². The minimum absolute atomic E-state index is 0.665. The molecular weight excluding hydrogens is 356 g/mol. The number of pyridine rings is 1. The fourth-order valence-corrected chi connectivity index (χ4v) is 3.58. The first-order valence-electron chi connectivity index (χ1n) is 9.89. The Morgan fingerprint density at radius 1 is 0.862 bits per heavy atom. The molecule has 1 aliphatic heterocycles. The Morgan fingerprint density at radius 3 is 2.10 bits per heavy atom. The molecular formula is C25H24N4. The molecule has 0 saturated carbocycles. The quantitative estimate of drug-likeness (QED) is 0.491. The van der Waals surface area contributed by atoms with Crippen molar-refractivity contribution in [3.8, 4) is 17.2 Å². The van der Waals surface area contributed by atoms with Crippen molar-refractivity contribution in [2.45, 2.75) is 0 Å². The van der Waals surface area contributed by atoms with E-state index >= 15 is 0 Å². The highest BCUT2D eigenvalue weighted by atomic mass is 15.2. The third-order valence-electron chi connectivity index (χ3n) is 5.40. The molecule has 2 heterocycles. The van der Waals surface area contributed by atoms with E-state index in [0.29, 0.717) is 5.57 Å². The van der Waals surface area contributed by atoms with Gasteiger partial charge in [0.2, 0.25) is 0 Å². The van der Waals surface area contributed by atoms with Crippen LogP contribution in [0.15, 0.2) is 73.1 Å². The second kappa shape index (κ2) is 8.72. The molecule has 4 heteroatoms. The number of aromatic nitrogens is 1. The Hall–Kier alpha value is -3.42. The molecule has 4 rings (SSSR count). The van der Waals surface area contributed by atoms with Crippen molar-refractivity contribution in [2.24, 2.45) is 0 Å². The van der Waals surface area contributed by atoms with E-state index in [2.05, 4.69) is 52.2 Å². The van der Waals surface area contributed by atoms with Crippen LogP contribution >= 0.6 is 0 Å². The summed E-state index contributed by atoms with van der Waals surface area (Å²) in [7, 11) is 2.16. The van der Waals surface area contributed by atoms with Gasteiger partial charge in [-0.1, -0.05) is 36.4 Å². The standard InChI is InChI=1S/C25H24N4/c1-28-14-16-29(17-15-28)25-8-2-20(3-9-25)18-24(19-26)22-6-4-21(5-7-22)23-10-12-27-13-11-23/h2-13,18H,14-17H2,1H3/b24-18+. The van der Waals surface area contributed by atoms with Gasteiger partial charge < -0.3 is 9.80 Å². The zero-order chi connectivity index (χ0) is 20.1. The van der Waals surface area contributed by atoms with Gasteiger partial charge in [-0.3, -0.25) is 4.98 Å². The van der Waals surface area contributed by atoms with Crippen LogP contribution in [0.3, 0.4) is 0 Å². The van der Waals surface area contributed by atoms with E-state index in [9.17, 15) is 5.26 Å². The number of benzene rings is 2. The fourth-order valence-electron chi connectivity index (χ4n) is 3.58. The van der Waals surface area contributed by atoms with E-state index in [1.54, 1.807) is 12.4 Å². The molecule has 0 bridgehead atoms. The van der Waals surface area contributed by atoms with Gasteiger partial charge in [0, 0.05) is 44.3 Å². The zero-order valence-corrected chi connectivity index (χ0v) is 16.6. The monoisotopic (exact) mass is 380 g/mol. The highest BCUT2D eigenvalue weighted by Crippen LogP contribution is 2.24. The molecule has 1 fully saturated rings. The second-order valence-corrected chi connectivity index (χ2v) is 7.36. The van der Waals surface area contributed by atoms with Gasteiger partial charge in [-0.2, -0.15) is 5.26 Å². The summed E-state index contributed by atoms with van der Waals surface area (Å²) in [6.07, 6.45) is 5.53. The highest BCUT2D eigenvalue weighted by Gasteiger charge is 2.13. The van der Waals surface area contributed by atoms with Gasteiger partial charge in [0.05, 0.1) is 11.6 Å². The summed E-state index contributed by atoms with van der Waals surface area (Å²) in [5, 5.41) is 9.67. The number of likely N-dealkylation sites (N-methyl/N-ethyl adjacent to an activating group) is 1. The number of nitriles is 1. The first kappa shape index (κ1) is 18.9. The summed E-state index contributed by atoms with van der Waals surface area (Å²) < 4.78 is 0. The predicted octanol–water partition coefficient (Wildman–Crippen LogP) is 4.56. The summed E-state index contributed by atoms with van der Waals surface area (Å²) >= 11 is 0. The third-order valence-corrected chi connectivity index (χ3v) is 5.40. The SMILES string of the molecule is CN1CCN(c2ccc(/C=C(\C#N)c3ccc(-c4ccncc4)cc3)cc2)CC1. The third kappa shape index (κ3) is 4.53. The van der Waals surface area contributed by atoms with Crippen molar-refractivity contribution in [1.29, 1.82) is 5.26 Å². The Morgan fingerprint density at radius 2 is 1.48 bits per heavy atom. The number of nitrogens with zero attached hydrogens (tertiary/aromatic N) is 4. The Kier molecular flexibility index (Phi) is 5.69. The van der Waals surface area contributed by atoms with Crippen molar-refractivity contribution < 1.29 is 0 Å². The van der Waals surface area contributed by atoms with Gasteiger partial charge in [-0.15, -0.1) is 0 Å². The lowest BCUT2D eigenvalue weighted by atomic mass is 10.00. The maximum Gasteiger partial charge on any atom is 0.0998 e. The lowest BCUT2D eigenvalue weighted by molar-refractivity contribution is 0.313. The number of piperazine rings is 1. The van der Waals surface area contributed by atoms with Gasteiger partial charge in [-0.05, 0) is 59.6 Å². The van der Waals surface area contributed by atoms with Crippen molar-refractivity contribution in [3.63, 3.8) is 0 Å². The summed E-state index contributed by atoms with van der Waals surface area (Å²) in [6.45, 7) is 4.30. The Labute approximate surface area is 172 Å². The normalized spacial score (nSPS) is 15.2. The van der Waals surface area contributed by atoms with Crippen molar-refractivity contribution in [1.82, 2.24) is 9.88 Å². The number of anilines is 1. The van der Waals surface area contributed by atoms with Crippen LogP contribution in [0.25, 0.3) is 22.8 Å². The highest BCUT2D eigenvalue weighted by molar-refractivity contribution is 5.90. The van der Waals surface area contributed by atoms with Crippen LogP contribution in [0.2, 0.25) is 0 Å². The van der Waals surface area contributed by atoms with Gasteiger partial charge in [-0.25, -0.2) is 0 Å². The molecule has 0 spiro atoms. The number of allylic oxidation sites excluding steroid dienone is 1. The number of hydrogen-bond donors (Lipinski definition) is 0. The molecule has 4 nitrogen and oxygen atoms in total. The fraction of sp³-hybridized carbons (Fsp3) is 0.200. The lowest BCUT2D eigenvalue weighted by Crippen LogP contribution is -2.44. The molecule has 0 N–H and O–H groups in total. The van der Waals surface area contributed by atoms with Gasteiger partial charge >= 0.3 is 0 Å². The molecule has 0 unspecified atom stereocenters. The molecule has 29 heavy (non-hydrogen) atoms. The van der Waals surface area contributed by atoms with Crippen LogP contribution in [0.1, 0.15) is 11.1 Å². The molecule has 1 aromatic heterocycles. The largest absolute Gasteiger partial charge is 0.369 e. The molecule has 1 aliphatic rings. The first-order chi connectivity index (χ1) is 14.2. The van der Waals surface area contributed by atoms with E-state index in [1.807, 2.05) is 42.5 Å². The molecule has 0 radical (unpaired) electrons. The zero-order valence-electron chi connectivity index (χ0n) is 16.6. The van der Waals surface area contributed by atoms with Crippen molar-refractivity contribution in [3.05, 3.63) is 84.2 Å². The molecule has 2 aromatic carbocycles. The van der Waals surface area contributed by atoms with Crippen LogP contribution in [0.4, 0.5) is 5.69 Å². The van der Waals surface area contributed by atoms with E-state index in [1.165, 1.54) is 5.69 Å². The van der Waals surface area contributed by atoms with Crippen LogP contribution < -0.4 is 4.90 Å². The van der Waals surface area contributed by atoms with Crippen LogP contribution in [-0.4, -0.2) is 43.1 Å². The molecule has 144 valence electrons. The summed E-state index contributed by atoms with van der Waals surface area (Å²) in [6, 6.07) is 22.9. The van der Waals surface area contributed by atoms with Gasteiger partial charge in [0.15, 0.2) is 0 Å². The van der Waals surface area contributed by atoms with Gasteiger partial charge in [0.25, 0.3) is 0 Å². The number of hydrogen-bond acceptors (Lipinski definition) is 4. The second-order valence-electron chi connectivity index (χ2n) is 7.36. The summed E-state index contributed by atoms with van der Waals surface area (Å²) in [5.41, 5.74) is 6.11. The minimum atomic E-state index is 0.665. The topological polar surface area (TPSA) is 43.2 Å². The first-order valence-corrected chi connectivity index (χ1v) is 9.89.